The van der Waals surface area contributed by atoms with Gasteiger partial charge in [-0.15, -0.1) is 0 Å². The van der Waals surface area contributed by atoms with Crippen molar-refractivity contribution in [2.45, 2.75) is 37.8 Å². The van der Waals surface area contributed by atoms with Gasteiger partial charge >= 0.3 is 0 Å². The Labute approximate surface area is 131 Å². The Morgan fingerprint density at radius 3 is 2.23 bits per heavy atom. The smallest absolute Gasteiger partial charge is 0.269 e. The number of non-ortho nitro benzene ring substituents is 1. The summed E-state index contributed by atoms with van der Waals surface area (Å²) in [6.07, 6.45) is 4.73. The van der Waals surface area contributed by atoms with Crippen LogP contribution >= 0.6 is 0 Å². The van der Waals surface area contributed by atoms with Crippen LogP contribution in [-0.4, -0.2) is 43.2 Å². The molecule has 0 atom stereocenters. The molecule has 2 aliphatic rings. The van der Waals surface area contributed by atoms with Crippen molar-refractivity contribution in [1.29, 1.82) is 0 Å². The van der Waals surface area contributed by atoms with Crippen molar-refractivity contribution in [1.82, 2.24) is 10.6 Å². The second kappa shape index (κ2) is 7.07. The quantitative estimate of drug-likeness (QED) is 0.657. The molecule has 120 valence electrons. The van der Waals surface area contributed by atoms with Gasteiger partial charge in [-0.25, -0.2) is 0 Å². The van der Waals surface area contributed by atoms with Crippen molar-refractivity contribution in [2.75, 3.05) is 31.1 Å². The standard InChI is InChI=1S/C16H24N4O2/c21-20(22)16-3-1-15(2-4-16)19-11-7-14(8-12-19)18-13-5-9-17-10-6-13/h1-4,13-14,17-18H,5-12H2. The van der Waals surface area contributed by atoms with Crippen molar-refractivity contribution < 1.29 is 4.92 Å². The summed E-state index contributed by atoms with van der Waals surface area (Å²) in [5, 5.41) is 17.9. The normalized spacial score (nSPS) is 21.0. The molecule has 2 fully saturated rings. The van der Waals surface area contributed by atoms with Gasteiger partial charge in [-0.1, -0.05) is 0 Å². The highest BCUT2D eigenvalue weighted by Gasteiger charge is 2.23. The Hall–Kier alpha value is -1.66. The molecule has 2 saturated heterocycles. The highest BCUT2D eigenvalue weighted by Crippen LogP contribution is 2.23. The van der Waals surface area contributed by atoms with Crippen molar-refractivity contribution in [3.63, 3.8) is 0 Å². The third-order valence-electron chi connectivity index (χ3n) is 4.73. The number of nitrogens with zero attached hydrogens (tertiary/aromatic N) is 2. The van der Waals surface area contributed by atoms with Crippen LogP contribution < -0.4 is 15.5 Å². The molecular formula is C16H24N4O2. The van der Waals surface area contributed by atoms with Gasteiger partial charge in [-0.05, 0) is 50.9 Å². The number of piperidine rings is 2. The monoisotopic (exact) mass is 304 g/mol. The number of nitro groups is 1. The van der Waals surface area contributed by atoms with E-state index < -0.39 is 0 Å². The zero-order valence-corrected chi connectivity index (χ0v) is 12.8. The lowest BCUT2D eigenvalue weighted by Gasteiger charge is -2.36. The lowest BCUT2D eigenvalue weighted by molar-refractivity contribution is -0.384. The van der Waals surface area contributed by atoms with Gasteiger partial charge < -0.3 is 15.5 Å². The SMILES string of the molecule is O=[N+]([O-])c1ccc(N2CCC(NC3CCNCC3)CC2)cc1. The van der Waals surface area contributed by atoms with Crippen molar-refractivity contribution in [3.05, 3.63) is 34.4 Å². The number of benzene rings is 1. The summed E-state index contributed by atoms with van der Waals surface area (Å²) in [7, 11) is 0. The summed E-state index contributed by atoms with van der Waals surface area (Å²) in [5.74, 6) is 0. The second-order valence-electron chi connectivity index (χ2n) is 6.23. The highest BCUT2D eigenvalue weighted by molar-refractivity contribution is 5.51. The summed E-state index contributed by atoms with van der Waals surface area (Å²) in [5.41, 5.74) is 1.25. The molecule has 2 aliphatic heterocycles. The van der Waals surface area contributed by atoms with Gasteiger partial charge in [0.1, 0.15) is 0 Å². The molecular weight excluding hydrogens is 280 g/mol. The van der Waals surface area contributed by atoms with Crippen LogP contribution in [0.2, 0.25) is 0 Å². The largest absolute Gasteiger partial charge is 0.371 e. The third kappa shape index (κ3) is 3.75. The molecule has 2 N–H and O–H groups in total. The van der Waals surface area contributed by atoms with Crippen LogP contribution in [-0.2, 0) is 0 Å². The number of nitrogens with one attached hydrogen (secondary N) is 2. The van der Waals surface area contributed by atoms with E-state index in [2.05, 4.69) is 15.5 Å². The zero-order chi connectivity index (χ0) is 15.4. The summed E-state index contributed by atoms with van der Waals surface area (Å²) in [6, 6.07) is 8.18. The first kappa shape index (κ1) is 15.2. The third-order valence-corrected chi connectivity index (χ3v) is 4.73. The molecule has 3 rings (SSSR count). The average molecular weight is 304 g/mol. The molecule has 0 spiro atoms. The average Bonchev–Trinajstić information content (AvgIpc) is 2.57. The Morgan fingerprint density at radius 2 is 1.64 bits per heavy atom. The molecule has 22 heavy (non-hydrogen) atoms. The van der Waals surface area contributed by atoms with E-state index in [4.69, 9.17) is 0 Å². The summed E-state index contributed by atoms with van der Waals surface area (Å²) < 4.78 is 0. The van der Waals surface area contributed by atoms with Crippen LogP contribution in [0.1, 0.15) is 25.7 Å². The van der Waals surface area contributed by atoms with Gasteiger partial charge in [0.05, 0.1) is 4.92 Å². The molecule has 0 saturated carbocycles. The van der Waals surface area contributed by atoms with E-state index in [1.165, 1.54) is 12.8 Å². The van der Waals surface area contributed by atoms with Crippen LogP contribution in [0.5, 0.6) is 0 Å². The lowest BCUT2D eigenvalue weighted by atomic mass is 10.00. The van der Waals surface area contributed by atoms with Crippen LogP contribution in [0.3, 0.4) is 0 Å². The molecule has 1 aromatic carbocycles. The molecule has 0 unspecified atom stereocenters. The van der Waals surface area contributed by atoms with Crippen LogP contribution in [0.4, 0.5) is 11.4 Å². The topological polar surface area (TPSA) is 70.4 Å². The van der Waals surface area contributed by atoms with Gasteiger partial charge in [-0.2, -0.15) is 0 Å². The minimum absolute atomic E-state index is 0.159. The van der Waals surface area contributed by atoms with Crippen molar-refractivity contribution in [3.8, 4) is 0 Å². The second-order valence-corrected chi connectivity index (χ2v) is 6.23. The minimum atomic E-state index is -0.348. The van der Waals surface area contributed by atoms with E-state index in [1.54, 1.807) is 12.1 Å². The Bertz CT molecular complexity index is 491. The Morgan fingerprint density at radius 1 is 1.05 bits per heavy atom. The number of rotatable bonds is 4. The maximum atomic E-state index is 10.7. The van der Waals surface area contributed by atoms with E-state index in [0.717, 1.165) is 44.7 Å². The summed E-state index contributed by atoms with van der Waals surface area (Å²) >= 11 is 0. The fraction of sp³-hybridized carbons (Fsp3) is 0.625. The summed E-state index contributed by atoms with van der Waals surface area (Å²) in [4.78, 5) is 12.7. The van der Waals surface area contributed by atoms with Crippen LogP contribution in [0.15, 0.2) is 24.3 Å². The fourth-order valence-corrected chi connectivity index (χ4v) is 3.41. The van der Waals surface area contributed by atoms with E-state index in [-0.39, 0.29) is 10.6 Å². The number of hydrogen-bond acceptors (Lipinski definition) is 5. The Kier molecular flexibility index (Phi) is 4.90. The molecule has 1 aromatic rings. The van der Waals surface area contributed by atoms with Gasteiger partial charge in [0.2, 0.25) is 0 Å². The van der Waals surface area contributed by atoms with Gasteiger partial charge in [0, 0.05) is 43.0 Å². The number of nitro benzene ring substituents is 1. The number of anilines is 1. The van der Waals surface area contributed by atoms with E-state index >= 15 is 0 Å². The molecule has 0 radical (unpaired) electrons. The maximum Gasteiger partial charge on any atom is 0.269 e. The molecule has 2 heterocycles. The first-order chi connectivity index (χ1) is 10.7. The molecule has 6 heteroatoms. The highest BCUT2D eigenvalue weighted by atomic mass is 16.6. The minimum Gasteiger partial charge on any atom is -0.371 e. The van der Waals surface area contributed by atoms with Gasteiger partial charge in [0.25, 0.3) is 5.69 Å². The van der Waals surface area contributed by atoms with Crippen LogP contribution in [0.25, 0.3) is 0 Å². The first-order valence-corrected chi connectivity index (χ1v) is 8.18. The predicted octanol–water partition coefficient (Wildman–Crippen LogP) is 1.91. The van der Waals surface area contributed by atoms with E-state index in [1.807, 2.05) is 12.1 Å². The molecule has 0 aliphatic carbocycles. The maximum absolute atomic E-state index is 10.7. The van der Waals surface area contributed by atoms with Gasteiger partial charge in [-0.3, -0.25) is 10.1 Å². The van der Waals surface area contributed by atoms with Crippen molar-refractivity contribution >= 4 is 11.4 Å². The van der Waals surface area contributed by atoms with Crippen molar-refractivity contribution in [2.24, 2.45) is 0 Å². The van der Waals surface area contributed by atoms with Crippen LogP contribution in [0, 0.1) is 10.1 Å². The molecule has 0 aromatic heterocycles. The van der Waals surface area contributed by atoms with E-state index in [0.29, 0.717) is 12.1 Å². The zero-order valence-electron chi connectivity index (χ0n) is 12.8. The van der Waals surface area contributed by atoms with E-state index in [9.17, 15) is 10.1 Å². The van der Waals surface area contributed by atoms with Gasteiger partial charge in [0.15, 0.2) is 0 Å². The summed E-state index contributed by atoms with van der Waals surface area (Å²) in [6.45, 7) is 4.28. The molecule has 0 bridgehead atoms. The lowest BCUT2D eigenvalue weighted by Crippen LogP contribution is -2.49. The predicted molar refractivity (Wildman–Crippen MR) is 87.4 cm³/mol. The first-order valence-electron chi connectivity index (χ1n) is 8.18. The fourth-order valence-electron chi connectivity index (χ4n) is 3.41. The number of hydrogen-bond donors (Lipinski definition) is 2. The Balaban J connectivity index is 1.49. The molecule has 6 nitrogen and oxygen atoms in total. The molecule has 0 amide bonds.